The van der Waals surface area contributed by atoms with E-state index in [1.807, 2.05) is 0 Å². The number of hydrogen-bond donors (Lipinski definition) is 1. The van der Waals surface area contributed by atoms with Gasteiger partial charge in [-0.2, -0.15) is 0 Å². The van der Waals surface area contributed by atoms with Crippen molar-refractivity contribution in [2.75, 3.05) is 18.8 Å². The minimum absolute atomic E-state index is 0.924. The fourth-order valence-electron chi connectivity index (χ4n) is 2.89. The van der Waals surface area contributed by atoms with E-state index in [4.69, 9.17) is 5.73 Å². The molecule has 2 rings (SSSR count). The highest BCUT2D eigenvalue weighted by molar-refractivity contribution is 5.48. The van der Waals surface area contributed by atoms with Crippen LogP contribution >= 0.6 is 0 Å². The molecule has 1 heterocycles. The molecule has 0 unspecified atom stereocenters. The van der Waals surface area contributed by atoms with Gasteiger partial charge in [0.1, 0.15) is 0 Å². The molecule has 0 atom stereocenters. The Hall–Kier alpha value is -1.02. The van der Waals surface area contributed by atoms with E-state index >= 15 is 0 Å². The van der Waals surface area contributed by atoms with Gasteiger partial charge in [-0.15, -0.1) is 0 Å². The van der Waals surface area contributed by atoms with Gasteiger partial charge in [0.15, 0.2) is 0 Å². The van der Waals surface area contributed by atoms with E-state index in [-0.39, 0.29) is 0 Å². The molecule has 18 heavy (non-hydrogen) atoms. The molecule has 2 N–H and O–H groups in total. The summed E-state index contributed by atoms with van der Waals surface area (Å²) < 4.78 is 0. The molecule has 0 bridgehead atoms. The van der Waals surface area contributed by atoms with Crippen LogP contribution in [0.3, 0.4) is 0 Å². The first-order chi connectivity index (χ1) is 8.69. The molecule has 1 aromatic rings. The maximum Gasteiger partial charge on any atom is 0.0346 e. The summed E-state index contributed by atoms with van der Waals surface area (Å²) in [6, 6.07) is 6.48. The molecule has 0 aliphatic carbocycles. The van der Waals surface area contributed by atoms with Gasteiger partial charge in [0.25, 0.3) is 0 Å². The lowest BCUT2D eigenvalue weighted by molar-refractivity contribution is 0.172. The first kappa shape index (κ1) is 13.4. The predicted octanol–water partition coefficient (Wildman–Crippen LogP) is 3.59. The van der Waals surface area contributed by atoms with Gasteiger partial charge in [0.05, 0.1) is 0 Å². The van der Waals surface area contributed by atoms with E-state index in [2.05, 4.69) is 36.9 Å². The van der Waals surface area contributed by atoms with Gasteiger partial charge in [-0.1, -0.05) is 31.9 Å². The smallest absolute Gasteiger partial charge is 0.0346 e. The molecule has 1 fully saturated rings. The average molecular weight is 246 g/mol. The Bertz CT molecular complexity index is 379. The number of nitrogens with zero attached hydrogens (tertiary/aromatic N) is 1. The predicted molar refractivity (Wildman–Crippen MR) is 78.5 cm³/mol. The van der Waals surface area contributed by atoms with Crippen molar-refractivity contribution >= 4 is 5.69 Å². The van der Waals surface area contributed by atoms with Gasteiger partial charge in [-0.3, -0.25) is 4.90 Å². The van der Waals surface area contributed by atoms with Crippen LogP contribution in [-0.2, 0) is 6.54 Å². The van der Waals surface area contributed by atoms with Gasteiger partial charge < -0.3 is 5.73 Å². The van der Waals surface area contributed by atoms with Crippen LogP contribution in [0.4, 0.5) is 5.69 Å². The fraction of sp³-hybridized carbons (Fsp3) is 0.625. The second kappa shape index (κ2) is 6.24. The van der Waals surface area contributed by atoms with E-state index in [0.29, 0.717) is 0 Å². The van der Waals surface area contributed by atoms with Gasteiger partial charge in [-0.25, -0.2) is 0 Å². The Balaban J connectivity index is 1.85. The van der Waals surface area contributed by atoms with E-state index in [1.165, 1.54) is 49.9 Å². The highest BCUT2D eigenvalue weighted by Gasteiger charge is 2.18. The standard InChI is InChI=1S/C16H26N2/c1-3-4-14-7-9-18(10-8-14)12-15-6-5-13(2)16(17)11-15/h5-6,11,14H,3-4,7-10,12,17H2,1-2H3. The number of likely N-dealkylation sites (tertiary alicyclic amines) is 1. The zero-order valence-electron chi connectivity index (χ0n) is 11.8. The highest BCUT2D eigenvalue weighted by atomic mass is 15.1. The maximum atomic E-state index is 5.97. The topological polar surface area (TPSA) is 29.3 Å². The molecule has 1 aliphatic heterocycles. The van der Waals surface area contributed by atoms with Crippen LogP contribution in [0, 0.1) is 12.8 Å². The molecular weight excluding hydrogens is 220 g/mol. The van der Waals surface area contributed by atoms with Crippen LogP contribution in [0.25, 0.3) is 0 Å². The highest BCUT2D eigenvalue weighted by Crippen LogP contribution is 2.23. The Morgan fingerprint density at radius 1 is 1.28 bits per heavy atom. The Morgan fingerprint density at radius 3 is 2.61 bits per heavy atom. The van der Waals surface area contributed by atoms with Gasteiger partial charge >= 0.3 is 0 Å². The number of nitrogen functional groups attached to an aromatic ring is 1. The second-order valence-corrected chi connectivity index (χ2v) is 5.70. The van der Waals surface area contributed by atoms with Crippen LogP contribution in [-0.4, -0.2) is 18.0 Å². The quantitative estimate of drug-likeness (QED) is 0.823. The third kappa shape index (κ3) is 3.49. The van der Waals surface area contributed by atoms with Crippen molar-refractivity contribution in [2.45, 2.75) is 46.1 Å². The van der Waals surface area contributed by atoms with Crippen LogP contribution < -0.4 is 5.73 Å². The number of piperidine rings is 1. The van der Waals surface area contributed by atoms with Crippen LogP contribution in [0.1, 0.15) is 43.7 Å². The summed E-state index contributed by atoms with van der Waals surface area (Å²) in [4.78, 5) is 2.57. The van der Waals surface area contributed by atoms with Crippen LogP contribution in [0.2, 0.25) is 0 Å². The number of aryl methyl sites for hydroxylation is 1. The zero-order chi connectivity index (χ0) is 13.0. The molecule has 100 valence electrons. The maximum absolute atomic E-state index is 5.97. The fourth-order valence-corrected chi connectivity index (χ4v) is 2.89. The second-order valence-electron chi connectivity index (χ2n) is 5.70. The molecule has 1 aromatic carbocycles. The lowest BCUT2D eigenvalue weighted by Crippen LogP contribution is -2.33. The lowest BCUT2D eigenvalue weighted by atomic mass is 9.92. The van der Waals surface area contributed by atoms with Crippen molar-refractivity contribution in [2.24, 2.45) is 5.92 Å². The third-order valence-electron chi connectivity index (χ3n) is 4.15. The average Bonchev–Trinajstić information content (AvgIpc) is 2.37. The zero-order valence-corrected chi connectivity index (χ0v) is 11.8. The summed E-state index contributed by atoms with van der Waals surface area (Å²) >= 11 is 0. The van der Waals surface area contributed by atoms with Crippen molar-refractivity contribution in [1.82, 2.24) is 4.90 Å². The molecule has 0 radical (unpaired) electrons. The number of benzene rings is 1. The first-order valence-electron chi connectivity index (χ1n) is 7.26. The minimum Gasteiger partial charge on any atom is -0.399 e. The normalized spacial score (nSPS) is 18.1. The van der Waals surface area contributed by atoms with Crippen molar-refractivity contribution in [3.05, 3.63) is 29.3 Å². The molecule has 0 saturated carbocycles. The van der Waals surface area contributed by atoms with E-state index in [9.17, 15) is 0 Å². The molecule has 0 aromatic heterocycles. The summed E-state index contributed by atoms with van der Waals surface area (Å²) in [6.07, 6.45) is 5.48. The Labute approximate surface area is 111 Å². The van der Waals surface area contributed by atoms with E-state index in [1.54, 1.807) is 0 Å². The summed E-state index contributed by atoms with van der Waals surface area (Å²) in [5.74, 6) is 0.967. The largest absolute Gasteiger partial charge is 0.399 e. The Morgan fingerprint density at radius 2 is 2.00 bits per heavy atom. The van der Waals surface area contributed by atoms with E-state index in [0.717, 1.165) is 18.2 Å². The van der Waals surface area contributed by atoms with Crippen molar-refractivity contribution in [3.63, 3.8) is 0 Å². The minimum atomic E-state index is 0.924. The third-order valence-corrected chi connectivity index (χ3v) is 4.15. The molecule has 1 aliphatic rings. The molecule has 2 nitrogen and oxygen atoms in total. The van der Waals surface area contributed by atoms with Crippen LogP contribution in [0.15, 0.2) is 18.2 Å². The molecule has 2 heteroatoms. The summed E-state index contributed by atoms with van der Waals surface area (Å²) in [5.41, 5.74) is 9.43. The van der Waals surface area contributed by atoms with Gasteiger partial charge in [0, 0.05) is 12.2 Å². The first-order valence-corrected chi connectivity index (χ1v) is 7.26. The molecular formula is C16H26N2. The van der Waals surface area contributed by atoms with Crippen molar-refractivity contribution in [3.8, 4) is 0 Å². The van der Waals surface area contributed by atoms with Crippen molar-refractivity contribution < 1.29 is 0 Å². The van der Waals surface area contributed by atoms with E-state index < -0.39 is 0 Å². The number of nitrogens with two attached hydrogens (primary N) is 1. The number of rotatable bonds is 4. The number of hydrogen-bond acceptors (Lipinski definition) is 2. The number of anilines is 1. The monoisotopic (exact) mass is 246 g/mol. The van der Waals surface area contributed by atoms with Crippen LogP contribution in [0.5, 0.6) is 0 Å². The molecule has 0 amide bonds. The van der Waals surface area contributed by atoms with Crippen molar-refractivity contribution in [1.29, 1.82) is 0 Å². The molecule has 0 spiro atoms. The Kier molecular flexibility index (Phi) is 4.65. The summed E-state index contributed by atoms with van der Waals surface area (Å²) in [7, 11) is 0. The van der Waals surface area contributed by atoms with Gasteiger partial charge in [-0.05, 0) is 56.0 Å². The molecule has 1 saturated heterocycles. The summed E-state index contributed by atoms with van der Waals surface area (Å²) in [5, 5.41) is 0. The van der Waals surface area contributed by atoms with Gasteiger partial charge in [0.2, 0.25) is 0 Å². The summed E-state index contributed by atoms with van der Waals surface area (Å²) in [6.45, 7) is 7.91. The lowest BCUT2D eigenvalue weighted by Gasteiger charge is -2.32. The SMILES string of the molecule is CCCC1CCN(Cc2ccc(C)c(N)c2)CC1.